The van der Waals surface area contributed by atoms with Crippen LogP contribution in [0.25, 0.3) is 0 Å². The van der Waals surface area contributed by atoms with Crippen LogP contribution in [-0.2, 0) is 26.0 Å². The number of amidine groups is 1. The molecule has 0 unspecified atom stereocenters. The number of hydrogen-bond acceptors (Lipinski definition) is 7. The van der Waals surface area contributed by atoms with Crippen LogP contribution in [0.15, 0.2) is 11.2 Å². The number of aliphatic imine (C=N–C) groups is 1. The number of nitrogens with one attached hydrogen (secondary N) is 1. The maximum Gasteiger partial charge on any atom is 0.418 e. The first-order valence-corrected chi connectivity index (χ1v) is 10.0. The van der Waals surface area contributed by atoms with Gasteiger partial charge >= 0.3 is 16.4 Å². The fourth-order valence-corrected chi connectivity index (χ4v) is 4.01. The Morgan fingerprint density at radius 2 is 2.21 bits per heavy atom. The highest BCUT2D eigenvalue weighted by Gasteiger charge is 2.53. The first-order valence-electron chi connectivity index (χ1n) is 8.64. The smallest absolute Gasteiger partial charge is 0.375 e. The molecule has 2 atom stereocenters. The Morgan fingerprint density at radius 3 is 2.79 bits per heavy atom. The SMILES string of the molecule is CN=C(NC)[C@@H]1c2c(cnn2CCCC(C)=O)[C@@H]2CN1C(=O)N2OS(=O)(=O)O. The van der Waals surface area contributed by atoms with E-state index in [1.54, 1.807) is 25.0 Å². The molecule has 2 aliphatic rings. The number of hydrogen-bond donors (Lipinski definition) is 2. The van der Waals surface area contributed by atoms with Gasteiger partial charge in [-0.15, -0.1) is 4.28 Å². The van der Waals surface area contributed by atoms with Gasteiger partial charge in [0.15, 0.2) is 0 Å². The minimum absolute atomic E-state index is 0.0651. The average molecular weight is 414 g/mol. The number of Topliss-reactive ketones (excluding diaryl/α,β-unsaturated/α-hetero) is 1. The second-order valence-corrected chi connectivity index (χ2v) is 7.56. The molecule has 154 valence electrons. The van der Waals surface area contributed by atoms with E-state index in [0.29, 0.717) is 41.5 Å². The number of amides is 2. The lowest BCUT2D eigenvalue weighted by Gasteiger charge is -2.32. The van der Waals surface area contributed by atoms with Crippen LogP contribution in [0.4, 0.5) is 4.79 Å². The molecule has 12 nitrogen and oxygen atoms in total. The summed E-state index contributed by atoms with van der Waals surface area (Å²) in [7, 11) is -1.64. The van der Waals surface area contributed by atoms with Crippen molar-refractivity contribution in [3.8, 4) is 0 Å². The van der Waals surface area contributed by atoms with Crippen molar-refractivity contribution < 1.29 is 26.8 Å². The van der Waals surface area contributed by atoms with E-state index in [9.17, 15) is 18.0 Å². The summed E-state index contributed by atoms with van der Waals surface area (Å²) in [5.41, 5.74) is 1.25. The van der Waals surface area contributed by atoms with Crippen LogP contribution in [0.3, 0.4) is 0 Å². The fourth-order valence-electron chi connectivity index (χ4n) is 3.64. The molecule has 13 heteroatoms. The van der Waals surface area contributed by atoms with Crippen molar-refractivity contribution >= 4 is 28.0 Å². The van der Waals surface area contributed by atoms with Gasteiger partial charge < -0.3 is 15.0 Å². The van der Waals surface area contributed by atoms with E-state index in [2.05, 4.69) is 19.7 Å². The molecule has 1 saturated heterocycles. The van der Waals surface area contributed by atoms with Gasteiger partial charge in [0, 0.05) is 32.6 Å². The van der Waals surface area contributed by atoms with Gasteiger partial charge in [-0.1, -0.05) is 0 Å². The van der Waals surface area contributed by atoms with Crippen LogP contribution >= 0.6 is 0 Å². The lowest BCUT2D eigenvalue weighted by atomic mass is 9.97. The molecular weight excluding hydrogens is 392 g/mol. The summed E-state index contributed by atoms with van der Waals surface area (Å²) < 4.78 is 37.7. The minimum Gasteiger partial charge on any atom is -0.375 e. The zero-order valence-electron chi connectivity index (χ0n) is 15.7. The van der Waals surface area contributed by atoms with Gasteiger partial charge in [0.05, 0.1) is 18.4 Å². The van der Waals surface area contributed by atoms with Crippen LogP contribution in [-0.4, -0.2) is 71.0 Å². The normalized spacial score (nSPS) is 21.9. The summed E-state index contributed by atoms with van der Waals surface area (Å²) in [4.78, 5) is 29.6. The number of hydroxylamine groups is 2. The van der Waals surface area contributed by atoms with Crippen molar-refractivity contribution in [2.75, 3.05) is 20.6 Å². The number of aryl methyl sites for hydroxylation is 1. The molecule has 28 heavy (non-hydrogen) atoms. The second kappa shape index (κ2) is 7.48. The molecule has 3 heterocycles. The molecule has 2 bridgehead atoms. The Labute approximate surface area is 162 Å². The van der Waals surface area contributed by atoms with E-state index in [-0.39, 0.29) is 12.3 Å². The highest BCUT2D eigenvalue weighted by molar-refractivity contribution is 7.80. The van der Waals surface area contributed by atoms with Crippen LogP contribution < -0.4 is 5.32 Å². The van der Waals surface area contributed by atoms with Crippen molar-refractivity contribution in [3.05, 3.63) is 17.5 Å². The largest absolute Gasteiger partial charge is 0.418 e. The molecule has 2 amide bonds. The van der Waals surface area contributed by atoms with E-state index < -0.39 is 28.5 Å². The summed E-state index contributed by atoms with van der Waals surface area (Å²) in [6.45, 7) is 2.10. The van der Waals surface area contributed by atoms with Crippen LogP contribution in [0.1, 0.15) is 43.1 Å². The molecule has 2 N–H and O–H groups in total. The molecule has 1 fully saturated rings. The van der Waals surface area contributed by atoms with Gasteiger partial charge in [0.1, 0.15) is 23.7 Å². The molecule has 0 aliphatic carbocycles. The van der Waals surface area contributed by atoms with Crippen molar-refractivity contribution in [2.45, 2.75) is 38.4 Å². The highest BCUT2D eigenvalue weighted by Crippen LogP contribution is 2.44. The molecule has 0 aromatic carbocycles. The number of urea groups is 1. The first-order chi connectivity index (χ1) is 13.2. The van der Waals surface area contributed by atoms with Gasteiger partial charge in [-0.3, -0.25) is 14.2 Å². The van der Waals surface area contributed by atoms with Gasteiger partial charge in [-0.05, 0) is 13.3 Å². The number of likely N-dealkylation sites (N-methyl/N-ethyl adjacent to an activating group) is 1. The maximum atomic E-state index is 12.8. The third kappa shape index (κ3) is 3.59. The lowest BCUT2D eigenvalue weighted by molar-refractivity contribution is -0.117. The van der Waals surface area contributed by atoms with E-state index in [0.717, 1.165) is 0 Å². The quantitative estimate of drug-likeness (QED) is 0.362. The lowest BCUT2D eigenvalue weighted by Crippen LogP contribution is -2.43. The minimum atomic E-state index is -4.88. The maximum absolute atomic E-state index is 12.8. The van der Waals surface area contributed by atoms with Crippen LogP contribution in [0, 0.1) is 0 Å². The number of fused-ring (bicyclic) bond motifs is 4. The highest BCUT2D eigenvalue weighted by atomic mass is 32.3. The van der Waals surface area contributed by atoms with E-state index >= 15 is 0 Å². The van der Waals surface area contributed by atoms with Crippen molar-refractivity contribution in [3.63, 3.8) is 0 Å². The number of aromatic nitrogens is 2. The third-order valence-corrected chi connectivity index (χ3v) is 5.10. The summed E-state index contributed by atoms with van der Waals surface area (Å²) in [6.07, 6.45) is 2.50. The zero-order valence-corrected chi connectivity index (χ0v) is 16.5. The Bertz CT molecular complexity index is 925. The summed E-state index contributed by atoms with van der Waals surface area (Å²) in [5.74, 6) is 0.547. The molecular formula is C15H22N6O6S. The monoisotopic (exact) mass is 414 g/mol. The fraction of sp³-hybridized carbons (Fsp3) is 0.600. The van der Waals surface area contributed by atoms with Crippen LogP contribution in [0.2, 0.25) is 0 Å². The number of nitrogens with zero attached hydrogens (tertiary/aromatic N) is 5. The molecule has 0 saturated carbocycles. The molecule has 1 aromatic heterocycles. The number of carbonyl (C=O) groups excluding carboxylic acids is 2. The predicted molar refractivity (Wildman–Crippen MR) is 96.6 cm³/mol. The van der Waals surface area contributed by atoms with E-state index in [4.69, 9.17) is 4.55 Å². The van der Waals surface area contributed by atoms with Gasteiger partial charge in [-0.2, -0.15) is 18.6 Å². The third-order valence-electron chi connectivity index (χ3n) is 4.76. The average Bonchev–Trinajstić information content (AvgIpc) is 3.13. The van der Waals surface area contributed by atoms with Crippen molar-refractivity contribution in [2.24, 2.45) is 4.99 Å². The standard InChI is InChI=1S/C15H22N6O6S/c1-9(22)5-4-6-20-12-10(7-18-20)11-8-19(13(12)14(16-2)17-3)15(23)21(11)27-28(24,25)26/h7,11,13H,4-6,8H2,1-3H3,(H,16,17)(H,24,25,26)/t11-,13-/m0/s1. The Kier molecular flexibility index (Phi) is 5.41. The van der Waals surface area contributed by atoms with Crippen molar-refractivity contribution in [1.82, 2.24) is 25.1 Å². The molecule has 2 aliphatic heterocycles. The molecule has 3 rings (SSSR count). The van der Waals surface area contributed by atoms with Gasteiger partial charge in [0.25, 0.3) is 0 Å². The van der Waals surface area contributed by atoms with Gasteiger partial charge in [-0.25, -0.2) is 4.79 Å². The summed E-state index contributed by atoms with van der Waals surface area (Å²) in [6, 6.07) is -2.10. The van der Waals surface area contributed by atoms with E-state index in [1.165, 1.54) is 11.8 Å². The second-order valence-electron chi connectivity index (χ2n) is 6.55. The first kappa shape index (κ1) is 20.2. The van der Waals surface area contributed by atoms with Crippen LogP contribution in [0.5, 0.6) is 0 Å². The zero-order chi connectivity index (χ0) is 20.6. The van der Waals surface area contributed by atoms with E-state index in [1.807, 2.05) is 0 Å². The molecule has 0 radical (unpaired) electrons. The summed E-state index contributed by atoms with van der Waals surface area (Å²) in [5, 5.41) is 7.95. The van der Waals surface area contributed by atoms with Crippen molar-refractivity contribution in [1.29, 1.82) is 0 Å². The Hall–Kier alpha value is -2.51. The number of carbonyl (C=O) groups is 2. The topological polar surface area (TPSA) is 146 Å². The number of ketones is 1. The molecule has 1 aromatic rings. The Balaban J connectivity index is 2.04. The number of rotatable bonds is 7. The summed E-state index contributed by atoms with van der Waals surface area (Å²) >= 11 is 0. The Morgan fingerprint density at radius 1 is 1.50 bits per heavy atom. The molecule has 0 spiro atoms. The predicted octanol–water partition coefficient (Wildman–Crippen LogP) is 0.0678. The van der Waals surface area contributed by atoms with Gasteiger partial charge in [0.2, 0.25) is 0 Å².